The molecule has 226 valence electrons. The van der Waals surface area contributed by atoms with Crippen molar-refractivity contribution in [3.63, 3.8) is 0 Å². The summed E-state index contributed by atoms with van der Waals surface area (Å²) < 4.78 is 0. The van der Waals surface area contributed by atoms with E-state index in [-0.39, 0.29) is 0 Å². The third-order valence-electron chi connectivity index (χ3n) is 8.54. The van der Waals surface area contributed by atoms with Crippen molar-refractivity contribution < 1.29 is 0 Å². The zero-order valence-electron chi connectivity index (χ0n) is 26.8. The van der Waals surface area contributed by atoms with Crippen molar-refractivity contribution in [1.29, 1.82) is 0 Å². The van der Waals surface area contributed by atoms with Gasteiger partial charge in [-0.25, -0.2) is 4.98 Å². The smallest absolute Gasteiger partial charge is 0.0715 e. The molecule has 6 aromatic carbocycles. The van der Waals surface area contributed by atoms with Crippen molar-refractivity contribution in [3.05, 3.63) is 175 Å². The highest BCUT2D eigenvalue weighted by molar-refractivity contribution is 5.98. The molecule has 0 unspecified atom stereocenters. The van der Waals surface area contributed by atoms with Gasteiger partial charge in [-0.2, -0.15) is 0 Å². The minimum Gasteiger partial charge on any atom is -0.285 e. The minimum absolute atomic E-state index is 0.666. The van der Waals surface area contributed by atoms with E-state index in [0.717, 1.165) is 39.4 Å². The molecule has 0 N–H and O–H groups in total. The van der Waals surface area contributed by atoms with Crippen LogP contribution in [0.5, 0.6) is 0 Å². The van der Waals surface area contributed by atoms with Crippen molar-refractivity contribution in [1.82, 2.24) is 4.98 Å². The number of hydrogen-bond donors (Lipinski definition) is 0. The van der Waals surface area contributed by atoms with Crippen LogP contribution in [0.25, 0.3) is 66.7 Å². The second-order valence-electron chi connectivity index (χ2n) is 11.8. The van der Waals surface area contributed by atoms with Crippen LogP contribution in [0.3, 0.4) is 0 Å². The largest absolute Gasteiger partial charge is 0.285 e. The van der Waals surface area contributed by atoms with Gasteiger partial charge in [0.15, 0.2) is 0 Å². The highest BCUT2D eigenvalue weighted by atomic mass is 14.7. The normalized spacial score (nSPS) is 11.7. The summed E-state index contributed by atoms with van der Waals surface area (Å²) in [7, 11) is 0. The number of aromatic nitrogens is 1. The average Bonchev–Trinajstić information content (AvgIpc) is 3.14. The van der Waals surface area contributed by atoms with Crippen LogP contribution in [-0.2, 0) is 6.54 Å². The molecule has 0 atom stereocenters. The van der Waals surface area contributed by atoms with Crippen molar-refractivity contribution in [2.24, 2.45) is 4.99 Å². The summed E-state index contributed by atoms with van der Waals surface area (Å²) in [5.74, 6) is 0. The lowest BCUT2D eigenvalue weighted by Gasteiger charge is -2.15. The van der Waals surface area contributed by atoms with Crippen LogP contribution < -0.4 is 0 Å². The molecule has 0 bridgehead atoms. The molecular weight excluding hydrogens is 569 g/mol. The van der Waals surface area contributed by atoms with Gasteiger partial charge in [-0.15, -0.1) is 0 Å². The Bertz CT molecular complexity index is 2150. The summed E-state index contributed by atoms with van der Waals surface area (Å²) in [6, 6.07) is 56.4. The van der Waals surface area contributed by atoms with E-state index >= 15 is 0 Å². The first-order chi connectivity index (χ1) is 23.1. The first-order valence-electron chi connectivity index (χ1n) is 16.1. The van der Waals surface area contributed by atoms with Crippen LogP contribution >= 0.6 is 0 Å². The summed E-state index contributed by atoms with van der Waals surface area (Å²) in [6.07, 6.45) is 4.07. The second kappa shape index (κ2) is 13.6. The van der Waals surface area contributed by atoms with Gasteiger partial charge in [0.2, 0.25) is 0 Å². The molecule has 1 aromatic heterocycles. The number of benzene rings is 6. The molecule has 2 nitrogen and oxygen atoms in total. The molecule has 0 radical (unpaired) electrons. The Morgan fingerprint density at radius 3 is 1.74 bits per heavy atom. The SMILES string of the molecule is C/C=C/C(C)=N\Cc1ccc(-c2cc(-c3cc(-c4ccccc4)nc(-c4ccccc4)c3)cc(-c3cccc4ccccc34)c2)cc1. The second-order valence-corrected chi connectivity index (χ2v) is 11.8. The molecule has 0 aliphatic heterocycles. The summed E-state index contributed by atoms with van der Waals surface area (Å²) in [5, 5.41) is 2.48. The van der Waals surface area contributed by atoms with E-state index in [4.69, 9.17) is 9.98 Å². The van der Waals surface area contributed by atoms with E-state index in [1.165, 1.54) is 38.6 Å². The molecule has 0 saturated carbocycles. The lowest BCUT2D eigenvalue weighted by atomic mass is 9.90. The van der Waals surface area contributed by atoms with Gasteiger partial charge in [0.25, 0.3) is 0 Å². The molecular formula is C45H36N2. The molecule has 47 heavy (non-hydrogen) atoms. The first-order valence-corrected chi connectivity index (χ1v) is 16.1. The quantitative estimate of drug-likeness (QED) is 0.158. The topological polar surface area (TPSA) is 25.2 Å². The van der Waals surface area contributed by atoms with Crippen molar-refractivity contribution in [2.45, 2.75) is 20.4 Å². The molecule has 0 aliphatic carbocycles. The molecule has 7 aromatic rings. The standard InChI is InChI=1S/C45H36N2/c1-3-13-32(2)46-31-33-22-24-34(25-23-33)38-26-39(28-41(27-38)43-21-12-19-35-14-10-11-20-42(35)43)40-29-44(36-15-6-4-7-16-36)47-45(30-40)37-17-8-5-9-18-37/h3-30H,31H2,1-2H3/b13-3+,46-32-. The summed E-state index contributed by atoms with van der Waals surface area (Å²) in [6.45, 7) is 4.73. The number of rotatable bonds is 8. The first kappa shape index (κ1) is 29.8. The van der Waals surface area contributed by atoms with Crippen LogP contribution in [0.15, 0.2) is 175 Å². The van der Waals surface area contributed by atoms with Crippen molar-refractivity contribution >= 4 is 16.5 Å². The fourth-order valence-electron chi connectivity index (χ4n) is 6.12. The van der Waals surface area contributed by atoms with E-state index in [0.29, 0.717) is 6.54 Å². The minimum atomic E-state index is 0.666. The number of aliphatic imine (C=N–C) groups is 1. The van der Waals surface area contributed by atoms with E-state index < -0.39 is 0 Å². The molecule has 2 heteroatoms. The lowest BCUT2D eigenvalue weighted by Crippen LogP contribution is -1.93. The maximum absolute atomic E-state index is 5.14. The Balaban J connectivity index is 1.40. The maximum atomic E-state index is 5.14. The van der Waals surface area contributed by atoms with Gasteiger partial charge in [-0.05, 0) is 100.0 Å². The molecule has 0 fully saturated rings. The van der Waals surface area contributed by atoms with Crippen LogP contribution in [-0.4, -0.2) is 10.7 Å². The number of pyridine rings is 1. The Labute approximate surface area is 277 Å². The molecule has 1 heterocycles. The summed E-state index contributed by atoms with van der Waals surface area (Å²) in [4.78, 5) is 9.85. The molecule has 0 spiro atoms. The predicted octanol–water partition coefficient (Wildman–Crippen LogP) is 12.1. The summed E-state index contributed by atoms with van der Waals surface area (Å²) in [5.41, 5.74) is 13.4. The zero-order valence-corrected chi connectivity index (χ0v) is 26.8. The van der Waals surface area contributed by atoms with Gasteiger partial charge in [-0.1, -0.05) is 133 Å². The number of nitrogens with zero attached hydrogens (tertiary/aromatic N) is 2. The van der Waals surface area contributed by atoms with E-state index in [1.807, 2.05) is 38.1 Å². The van der Waals surface area contributed by atoms with E-state index in [1.54, 1.807) is 0 Å². The van der Waals surface area contributed by atoms with Crippen LogP contribution in [0.2, 0.25) is 0 Å². The van der Waals surface area contributed by atoms with Crippen molar-refractivity contribution in [3.8, 4) is 55.9 Å². The molecule has 0 aliphatic rings. The summed E-state index contributed by atoms with van der Waals surface area (Å²) >= 11 is 0. The zero-order chi connectivity index (χ0) is 32.0. The van der Waals surface area contributed by atoms with E-state index in [9.17, 15) is 0 Å². The third kappa shape index (κ3) is 6.73. The van der Waals surface area contributed by atoms with Gasteiger partial charge in [0.05, 0.1) is 17.9 Å². The number of allylic oxidation sites excluding steroid dienone is 2. The average molecular weight is 605 g/mol. The van der Waals surface area contributed by atoms with Gasteiger partial charge >= 0.3 is 0 Å². The predicted molar refractivity (Wildman–Crippen MR) is 201 cm³/mol. The van der Waals surface area contributed by atoms with Gasteiger partial charge in [0.1, 0.15) is 0 Å². The Morgan fingerprint density at radius 2 is 1.09 bits per heavy atom. The molecule has 0 amide bonds. The highest BCUT2D eigenvalue weighted by Gasteiger charge is 2.13. The fraction of sp³-hybridized carbons (Fsp3) is 0.0667. The van der Waals surface area contributed by atoms with Gasteiger partial charge in [0, 0.05) is 16.8 Å². The third-order valence-corrected chi connectivity index (χ3v) is 8.54. The molecule has 7 rings (SSSR count). The molecule has 0 saturated heterocycles. The van der Waals surface area contributed by atoms with Crippen molar-refractivity contribution in [2.75, 3.05) is 0 Å². The Hall–Kier alpha value is -5.86. The number of hydrogen-bond acceptors (Lipinski definition) is 2. The van der Waals surface area contributed by atoms with Gasteiger partial charge < -0.3 is 0 Å². The lowest BCUT2D eigenvalue weighted by molar-refractivity contribution is 1.07. The van der Waals surface area contributed by atoms with Gasteiger partial charge in [-0.3, -0.25) is 4.99 Å². The fourth-order valence-corrected chi connectivity index (χ4v) is 6.12. The van der Waals surface area contributed by atoms with E-state index in [2.05, 4.69) is 146 Å². The Morgan fingerprint density at radius 1 is 0.532 bits per heavy atom. The monoisotopic (exact) mass is 604 g/mol. The maximum Gasteiger partial charge on any atom is 0.0715 e. The van der Waals surface area contributed by atoms with Crippen LogP contribution in [0.1, 0.15) is 19.4 Å². The highest BCUT2D eigenvalue weighted by Crippen LogP contribution is 2.38. The number of fused-ring (bicyclic) bond motifs is 1. The van der Waals surface area contributed by atoms with Crippen LogP contribution in [0, 0.1) is 0 Å². The van der Waals surface area contributed by atoms with Crippen LogP contribution in [0.4, 0.5) is 0 Å². The Kier molecular flexibility index (Phi) is 8.66.